The van der Waals surface area contributed by atoms with Crippen molar-refractivity contribution < 1.29 is 4.74 Å². The highest BCUT2D eigenvalue weighted by Crippen LogP contribution is 2.19. The number of benzene rings is 1. The Balaban J connectivity index is 1.96. The van der Waals surface area contributed by atoms with Crippen LogP contribution in [0, 0.1) is 6.92 Å². The van der Waals surface area contributed by atoms with Crippen molar-refractivity contribution in [2.45, 2.75) is 20.0 Å². The fourth-order valence-corrected chi connectivity index (χ4v) is 2.28. The Morgan fingerprint density at radius 1 is 1.35 bits per heavy atom. The molecule has 0 bridgehead atoms. The SMILES string of the molecule is COc1ccc(C)cc1CNCc1nccs1. The molecule has 0 aliphatic rings. The highest BCUT2D eigenvalue weighted by Gasteiger charge is 2.03. The molecule has 0 saturated carbocycles. The Kier molecular flexibility index (Phi) is 4.12. The molecule has 1 heterocycles. The Morgan fingerprint density at radius 2 is 2.24 bits per heavy atom. The topological polar surface area (TPSA) is 34.1 Å². The Hall–Kier alpha value is -1.39. The van der Waals surface area contributed by atoms with Crippen LogP contribution >= 0.6 is 11.3 Å². The molecule has 0 unspecified atom stereocenters. The summed E-state index contributed by atoms with van der Waals surface area (Å²) < 4.78 is 5.34. The number of hydrogen-bond acceptors (Lipinski definition) is 4. The molecule has 0 saturated heterocycles. The van der Waals surface area contributed by atoms with Gasteiger partial charge in [-0.1, -0.05) is 17.7 Å². The number of methoxy groups -OCH3 is 1. The molecule has 1 aromatic heterocycles. The summed E-state index contributed by atoms with van der Waals surface area (Å²) >= 11 is 1.67. The Bertz CT molecular complexity index is 468. The predicted octanol–water partition coefficient (Wildman–Crippen LogP) is 2.75. The van der Waals surface area contributed by atoms with Crippen LogP contribution in [0.2, 0.25) is 0 Å². The summed E-state index contributed by atoms with van der Waals surface area (Å²) in [5, 5.41) is 6.47. The van der Waals surface area contributed by atoms with Gasteiger partial charge in [-0.25, -0.2) is 4.98 Å². The zero-order valence-corrected chi connectivity index (χ0v) is 10.9. The third-order valence-electron chi connectivity index (χ3n) is 2.51. The second-order valence-corrected chi connectivity index (χ2v) is 4.82. The molecule has 1 aromatic carbocycles. The van der Waals surface area contributed by atoms with E-state index in [0.29, 0.717) is 0 Å². The molecule has 2 aromatic rings. The van der Waals surface area contributed by atoms with E-state index in [0.717, 1.165) is 23.8 Å². The van der Waals surface area contributed by atoms with Crippen molar-refractivity contribution in [3.63, 3.8) is 0 Å². The lowest BCUT2D eigenvalue weighted by Crippen LogP contribution is -2.13. The average molecular weight is 248 g/mol. The van der Waals surface area contributed by atoms with Gasteiger partial charge in [-0.15, -0.1) is 11.3 Å². The van der Waals surface area contributed by atoms with E-state index < -0.39 is 0 Å². The first-order valence-electron chi connectivity index (χ1n) is 5.52. The summed E-state index contributed by atoms with van der Waals surface area (Å²) in [5.74, 6) is 0.933. The Labute approximate surface area is 105 Å². The van der Waals surface area contributed by atoms with Crippen molar-refractivity contribution in [2.75, 3.05) is 7.11 Å². The van der Waals surface area contributed by atoms with Gasteiger partial charge in [0.25, 0.3) is 0 Å². The highest BCUT2D eigenvalue weighted by atomic mass is 32.1. The van der Waals surface area contributed by atoms with Crippen LogP contribution in [0.15, 0.2) is 29.8 Å². The minimum Gasteiger partial charge on any atom is -0.496 e. The van der Waals surface area contributed by atoms with E-state index in [2.05, 4.69) is 29.4 Å². The molecule has 0 radical (unpaired) electrons. The maximum Gasteiger partial charge on any atom is 0.123 e. The van der Waals surface area contributed by atoms with Crippen LogP contribution < -0.4 is 10.1 Å². The van der Waals surface area contributed by atoms with Gasteiger partial charge in [0.2, 0.25) is 0 Å². The molecular weight excluding hydrogens is 232 g/mol. The molecule has 90 valence electrons. The zero-order chi connectivity index (χ0) is 12.1. The van der Waals surface area contributed by atoms with Crippen LogP contribution in [-0.4, -0.2) is 12.1 Å². The number of aryl methyl sites for hydroxylation is 1. The van der Waals surface area contributed by atoms with Crippen molar-refractivity contribution in [1.29, 1.82) is 0 Å². The number of nitrogens with one attached hydrogen (secondary N) is 1. The Morgan fingerprint density at radius 3 is 2.94 bits per heavy atom. The van der Waals surface area contributed by atoms with Gasteiger partial charge < -0.3 is 10.1 Å². The minimum atomic E-state index is 0.796. The molecule has 0 aliphatic carbocycles. The van der Waals surface area contributed by atoms with E-state index in [1.807, 2.05) is 17.6 Å². The van der Waals surface area contributed by atoms with Crippen molar-refractivity contribution in [2.24, 2.45) is 0 Å². The number of aromatic nitrogens is 1. The number of nitrogens with zero attached hydrogens (tertiary/aromatic N) is 1. The van der Waals surface area contributed by atoms with Gasteiger partial charge in [0, 0.05) is 30.2 Å². The molecule has 4 heteroatoms. The lowest BCUT2D eigenvalue weighted by Gasteiger charge is -2.09. The van der Waals surface area contributed by atoms with E-state index in [-0.39, 0.29) is 0 Å². The largest absolute Gasteiger partial charge is 0.496 e. The molecule has 0 atom stereocenters. The third-order valence-corrected chi connectivity index (χ3v) is 3.29. The molecule has 0 aliphatic heterocycles. The van der Waals surface area contributed by atoms with Crippen molar-refractivity contribution in [3.05, 3.63) is 45.9 Å². The van der Waals surface area contributed by atoms with Crippen LogP contribution in [0.25, 0.3) is 0 Å². The van der Waals surface area contributed by atoms with Crippen LogP contribution in [0.1, 0.15) is 16.1 Å². The number of rotatable bonds is 5. The first-order chi connectivity index (χ1) is 8.29. The lowest BCUT2D eigenvalue weighted by molar-refractivity contribution is 0.407. The van der Waals surface area contributed by atoms with Gasteiger partial charge in [-0.05, 0) is 13.0 Å². The number of ether oxygens (including phenoxy) is 1. The second kappa shape index (κ2) is 5.80. The summed E-state index contributed by atoms with van der Waals surface area (Å²) in [6.45, 7) is 3.68. The molecule has 1 N–H and O–H groups in total. The normalized spacial score (nSPS) is 10.5. The number of thiazole rings is 1. The summed E-state index contributed by atoms with van der Waals surface area (Å²) in [6.07, 6.45) is 1.83. The van der Waals surface area contributed by atoms with E-state index in [9.17, 15) is 0 Å². The maximum atomic E-state index is 5.34. The molecule has 0 amide bonds. The molecular formula is C13H16N2OS. The smallest absolute Gasteiger partial charge is 0.123 e. The van der Waals surface area contributed by atoms with Crippen LogP contribution in [-0.2, 0) is 13.1 Å². The molecule has 17 heavy (non-hydrogen) atoms. The fourth-order valence-electron chi connectivity index (χ4n) is 1.69. The maximum absolute atomic E-state index is 5.34. The van der Waals surface area contributed by atoms with E-state index in [1.165, 1.54) is 11.1 Å². The first kappa shape index (κ1) is 12.1. The molecule has 0 spiro atoms. The second-order valence-electron chi connectivity index (χ2n) is 3.84. The summed E-state index contributed by atoms with van der Waals surface area (Å²) in [7, 11) is 1.70. The van der Waals surface area contributed by atoms with Gasteiger partial charge >= 0.3 is 0 Å². The summed E-state index contributed by atoms with van der Waals surface area (Å²) in [6, 6.07) is 6.21. The predicted molar refractivity (Wildman–Crippen MR) is 70.4 cm³/mol. The van der Waals surface area contributed by atoms with E-state index in [4.69, 9.17) is 4.74 Å². The lowest BCUT2D eigenvalue weighted by atomic mass is 10.1. The number of hydrogen-bond donors (Lipinski definition) is 1. The van der Waals surface area contributed by atoms with Crippen LogP contribution in [0.4, 0.5) is 0 Å². The standard InChI is InChI=1S/C13H16N2OS/c1-10-3-4-12(16-2)11(7-10)8-14-9-13-15-5-6-17-13/h3-7,14H,8-9H2,1-2H3. The fraction of sp³-hybridized carbons (Fsp3) is 0.308. The minimum absolute atomic E-state index is 0.796. The van der Waals surface area contributed by atoms with Crippen LogP contribution in [0.5, 0.6) is 5.75 Å². The zero-order valence-electron chi connectivity index (χ0n) is 10.1. The average Bonchev–Trinajstić information content (AvgIpc) is 2.82. The van der Waals surface area contributed by atoms with Gasteiger partial charge in [0.05, 0.1) is 7.11 Å². The van der Waals surface area contributed by atoms with Gasteiger partial charge in [-0.3, -0.25) is 0 Å². The monoisotopic (exact) mass is 248 g/mol. The van der Waals surface area contributed by atoms with Gasteiger partial charge in [0.15, 0.2) is 0 Å². The highest BCUT2D eigenvalue weighted by molar-refractivity contribution is 7.09. The van der Waals surface area contributed by atoms with Crippen LogP contribution in [0.3, 0.4) is 0 Å². The van der Waals surface area contributed by atoms with Crippen molar-refractivity contribution in [3.8, 4) is 5.75 Å². The van der Waals surface area contributed by atoms with Crippen molar-refractivity contribution in [1.82, 2.24) is 10.3 Å². The molecule has 3 nitrogen and oxygen atoms in total. The van der Waals surface area contributed by atoms with Gasteiger partial charge in [-0.2, -0.15) is 0 Å². The third kappa shape index (κ3) is 3.28. The van der Waals surface area contributed by atoms with Crippen molar-refractivity contribution >= 4 is 11.3 Å². The summed E-state index contributed by atoms with van der Waals surface area (Å²) in [4.78, 5) is 4.23. The summed E-state index contributed by atoms with van der Waals surface area (Å²) in [5.41, 5.74) is 2.43. The van der Waals surface area contributed by atoms with E-state index >= 15 is 0 Å². The van der Waals surface area contributed by atoms with Gasteiger partial charge in [0.1, 0.15) is 10.8 Å². The quantitative estimate of drug-likeness (QED) is 0.883. The molecule has 0 fully saturated rings. The van der Waals surface area contributed by atoms with E-state index in [1.54, 1.807) is 18.4 Å². The molecule has 2 rings (SSSR count). The first-order valence-corrected chi connectivity index (χ1v) is 6.40.